The molecule has 1 aromatic carbocycles. The van der Waals surface area contributed by atoms with Crippen LogP contribution in [0.15, 0.2) is 36.7 Å². The van der Waals surface area contributed by atoms with Gasteiger partial charge >= 0.3 is 6.09 Å². The summed E-state index contributed by atoms with van der Waals surface area (Å²) in [6, 6.07) is 8.21. The number of hydrogen-bond donors (Lipinski definition) is 0. The Labute approximate surface area is 153 Å². The van der Waals surface area contributed by atoms with Gasteiger partial charge in [-0.05, 0) is 23.8 Å². The van der Waals surface area contributed by atoms with Crippen LogP contribution >= 0.6 is 0 Å². The lowest BCUT2D eigenvalue weighted by atomic mass is 10.0. The molecule has 0 N–H and O–H groups in total. The molecule has 0 radical (unpaired) electrons. The van der Waals surface area contributed by atoms with Gasteiger partial charge in [0.2, 0.25) is 0 Å². The normalized spacial score (nSPS) is 23.0. The Balaban J connectivity index is 1.46. The lowest BCUT2D eigenvalue weighted by Crippen LogP contribution is -2.37. The van der Waals surface area contributed by atoms with Gasteiger partial charge in [0.25, 0.3) is 0 Å². The second-order valence-corrected chi connectivity index (χ2v) is 7.22. The molecule has 3 heterocycles. The van der Waals surface area contributed by atoms with E-state index < -0.39 is 0 Å². The highest BCUT2D eigenvalue weighted by atomic mass is 16.6. The fourth-order valence-electron chi connectivity index (χ4n) is 3.95. The minimum absolute atomic E-state index is 0.210. The minimum Gasteiger partial charge on any atom is -0.496 e. The molecule has 4 rings (SSSR count). The first kappa shape index (κ1) is 16.9. The minimum atomic E-state index is -0.337. The molecule has 1 spiro atoms. The summed E-state index contributed by atoms with van der Waals surface area (Å²) < 4.78 is 13.0. The van der Waals surface area contributed by atoms with Gasteiger partial charge in [-0.15, -0.1) is 0 Å². The first-order chi connectivity index (χ1) is 12.6. The molecule has 2 aliphatic rings. The highest BCUT2D eigenvalue weighted by Crippen LogP contribution is 2.32. The van der Waals surface area contributed by atoms with E-state index in [1.807, 2.05) is 23.0 Å². The lowest BCUT2D eigenvalue weighted by molar-refractivity contribution is 0.0627. The second-order valence-electron chi connectivity index (χ2n) is 7.22. The van der Waals surface area contributed by atoms with Gasteiger partial charge in [0.15, 0.2) is 0 Å². The van der Waals surface area contributed by atoms with Crippen molar-refractivity contribution in [2.45, 2.75) is 25.1 Å². The van der Waals surface area contributed by atoms with Crippen LogP contribution in [0, 0.1) is 0 Å². The highest BCUT2D eigenvalue weighted by molar-refractivity contribution is 5.70. The van der Waals surface area contributed by atoms with Crippen molar-refractivity contribution in [3.63, 3.8) is 0 Å². The van der Waals surface area contributed by atoms with Crippen molar-refractivity contribution >= 4 is 6.09 Å². The van der Waals surface area contributed by atoms with Crippen LogP contribution in [0.5, 0.6) is 5.75 Å². The Bertz CT molecular complexity index is 792. The zero-order valence-electron chi connectivity index (χ0n) is 15.2. The number of ether oxygens (including phenoxy) is 2. The molecule has 1 amide bonds. The monoisotopic (exact) mass is 356 g/mol. The fraction of sp³-hybridized carbons (Fsp3) is 0.474. The van der Waals surface area contributed by atoms with Crippen molar-refractivity contribution < 1.29 is 14.3 Å². The average molecular weight is 356 g/mol. The quantitative estimate of drug-likeness (QED) is 0.820. The Morgan fingerprint density at radius 3 is 2.88 bits per heavy atom. The SMILES string of the molecule is COc1ccc(CN2CC[C@]3(C2)CN(C)C(=O)O3)cc1Cn1cccn1. The van der Waals surface area contributed by atoms with E-state index in [-0.39, 0.29) is 11.7 Å². The summed E-state index contributed by atoms with van der Waals surface area (Å²) >= 11 is 0. The third-order valence-electron chi connectivity index (χ3n) is 5.18. The predicted molar refractivity (Wildman–Crippen MR) is 96.1 cm³/mol. The van der Waals surface area contributed by atoms with Crippen LogP contribution in [-0.4, -0.2) is 65.1 Å². The Morgan fingerprint density at radius 2 is 2.19 bits per heavy atom. The molecule has 2 aliphatic heterocycles. The number of carbonyl (C=O) groups excluding carboxylic acids is 1. The number of methoxy groups -OCH3 is 1. The van der Waals surface area contributed by atoms with Crippen molar-refractivity contribution in [1.82, 2.24) is 19.6 Å². The van der Waals surface area contributed by atoms with E-state index in [2.05, 4.69) is 22.1 Å². The van der Waals surface area contributed by atoms with E-state index in [4.69, 9.17) is 9.47 Å². The number of carbonyl (C=O) groups is 1. The zero-order chi connectivity index (χ0) is 18.1. The first-order valence-electron chi connectivity index (χ1n) is 8.87. The molecular formula is C19H24N4O3. The first-order valence-corrected chi connectivity index (χ1v) is 8.87. The maximum absolute atomic E-state index is 11.7. The van der Waals surface area contributed by atoms with E-state index in [0.29, 0.717) is 13.1 Å². The molecule has 2 aromatic rings. The number of rotatable bonds is 5. The maximum Gasteiger partial charge on any atom is 0.410 e. The van der Waals surface area contributed by atoms with Crippen LogP contribution in [0.25, 0.3) is 0 Å². The maximum atomic E-state index is 11.7. The van der Waals surface area contributed by atoms with Gasteiger partial charge < -0.3 is 14.4 Å². The number of nitrogens with zero attached hydrogens (tertiary/aromatic N) is 4. The van der Waals surface area contributed by atoms with E-state index in [1.54, 1.807) is 25.3 Å². The van der Waals surface area contributed by atoms with Crippen LogP contribution in [0.2, 0.25) is 0 Å². The van der Waals surface area contributed by atoms with E-state index >= 15 is 0 Å². The van der Waals surface area contributed by atoms with Crippen LogP contribution in [-0.2, 0) is 17.8 Å². The van der Waals surface area contributed by atoms with Crippen molar-refractivity contribution in [1.29, 1.82) is 0 Å². The van der Waals surface area contributed by atoms with Crippen LogP contribution in [0.1, 0.15) is 17.5 Å². The highest BCUT2D eigenvalue weighted by Gasteiger charge is 2.48. The summed E-state index contributed by atoms with van der Waals surface area (Å²) in [6.45, 7) is 3.90. The molecule has 0 bridgehead atoms. The topological polar surface area (TPSA) is 59.8 Å². The van der Waals surface area contributed by atoms with Gasteiger partial charge in [-0.25, -0.2) is 4.79 Å². The largest absolute Gasteiger partial charge is 0.496 e. The van der Waals surface area contributed by atoms with Crippen LogP contribution in [0.4, 0.5) is 4.79 Å². The van der Waals surface area contributed by atoms with Gasteiger partial charge in [-0.1, -0.05) is 6.07 Å². The molecule has 1 atom stereocenters. The molecular weight excluding hydrogens is 332 g/mol. The number of benzene rings is 1. The summed E-state index contributed by atoms with van der Waals surface area (Å²) in [5, 5.41) is 4.28. The third-order valence-corrected chi connectivity index (χ3v) is 5.18. The molecule has 0 saturated carbocycles. The molecule has 2 fully saturated rings. The molecule has 0 unspecified atom stereocenters. The van der Waals surface area contributed by atoms with Crippen LogP contribution in [0.3, 0.4) is 0 Å². The van der Waals surface area contributed by atoms with Gasteiger partial charge in [0.1, 0.15) is 11.4 Å². The van der Waals surface area contributed by atoms with Crippen molar-refractivity contribution in [3.05, 3.63) is 47.8 Å². The van der Waals surface area contributed by atoms with E-state index in [1.165, 1.54) is 5.56 Å². The Hall–Kier alpha value is -2.54. The van der Waals surface area contributed by atoms with Gasteiger partial charge in [0.05, 0.1) is 20.2 Å². The summed E-state index contributed by atoms with van der Waals surface area (Å²) in [5.41, 5.74) is 1.99. The standard InChI is InChI=1S/C19H24N4O3/c1-21-13-19(26-18(21)24)6-9-22(14-19)11-15-4-5-17(25-2)16(10-15)12-23-8-3-7-20-23/h3-5,7-8,10H,6,9,11-14H2,1-2H3/t19-/m1/s1. The molecule has 26 heavy (non-hydrogen) atoms. The lowest BCUT2D eigenvalue weighted by Gasteiger charge is -2.22. The number of hydrogen-bond acceptors (Lipinski definition) is 5. The number of amides is 1. The Morgan fingerprint density at radius 1 is 1.31 bits per heavy atom. The second kappa shape index (κ2) is 6.64. The molecule has 2 saturated heterocycles. The summed E-state index contributed by atoms with van der Waals surface area (Å²) in [6.07, 6.45) is 4.40. The van der Waals surface area contributed by atoms with Gasteiger partial charge in [-0.3, -0.25) is 9.58 Å². The van der Waals surface area contributed by atoms with Crippen LogP contribution < -0.4 is 4.74 Å². The smallest absolute Gasteiger partial charge is 0.410 e. The molecule has 1 aromatic heterocycles. The summed E-state index contributed by atoms with van der Waals surface area (Å²) in [7, 11) is 3.49. The number of likely N-dealkylation sites (N-methyl/N-ethyl adjacent to an activating group) is 1. The summed E-state index contributed by atoms with van der Waals surface area (Å²) in [4.78, 5) is 15.7. The number of aromatic nitrogens is 2. The van der Waals surface area contributed by atoms with Crippen molar-refractivity contribution in [3.8, 4) is 5.75 Å². The predicted octanol–water partition coefficient (Wildman–Crippen LogP) is 1.97. The zero-order valence-corrected chi connectivity index (χ0v) is 15.2. The molecule has 0 aliphatic carbocycles. The average Bonchev–Trinajstić information content (AvgIpc) is 3.31. The van der Waals surface area contributed by atoms with Crippen molar-refractivity contribution in [2.75, 3.05) is 33.8 Å². The third kappa shape index (κ3) is 3.26. The van der Waals surface area contributed by atoms with Gasteiger partial charge in [0, 0.05) is 51.1 Å². The van der Waals surface area contributed by atoms with Crippen molar-refractivity contribution in [2.24, 2.45) is 0 Å². The molecule has 138 valence electrons. The fourth-order valence-corrected chi connectivity index (χ4v) is 3.95. The number of likely N-dealkylation sites (tertiary alicyclic amines) is 1. The Kier molecular flexibility index (Phi) is 4.32. The van der Waals surface area contributed by atoms with Gasteiger partial charge in [-0.2, -0.15) is 5.10 Å². The molecule has 7 nitrogen and oxygen atoms in total. The van der Waals surface area contributed by atoms with E-state index in [9.17, 15) is 4.79 Å². The van der Waals surface area contributed by atoms with E-state index in [0.717, 1.165) is 37.4 Å². The summed E-state index contributed by atoms with van der Waals surface area (Å²) in [5.74, 6) is 0.869. The molecule has 7 heteroatoms.